The molecule has 8 N–H and O–H groups in total. The summed E-state index contributed by atoms with van der Waals surface area (Å²) in [6.07, 6.45) is 4.35. The van der Waals surface area contributed by atoms with Gasteiger partial charge >= 0.3 is 5.97 Å². The van der Waals surface area contributed by atoms with E-state index in [0.29, 0.717) is 56.3 Å². The maximum absolute atomic E-state index is 14.2. The van der Waals surface area contributed by atoms with Crippen molar-refractivity contribution in [2.24, 2.45) is 34.0 Å². The molecule has 344 valence electrons. The van der Waals surface area contributed by atoms with Crippen LogP contribution in [0.15, 0.2) is 121 Å². The van der Waals surface area contributed by atoms with Gasteiger partial charge in [-0.1, -0.05) is 111 Å². The largest absolute Gasteiger partial charge is 0.493 e. The number of ether oxygens (including phenoxy) is 3. The van der Waals surface area contributed by atoms with Gasteiger partial charge in [-0.15, -0.1) is 6.58 Å². The van der Waals surface area contributed by atoms with Crippen molar-refractivity contribution in [2.75, 3.05) is 26.3 Å². The van der Waals surface area contributed by atoms with Crippen LogP contribution in [0.1, 0.15) is 70.8 Å². The summed E-state index contributed by atoms with van der Waals surface area (Å²) >= 11 is 0. The van der Waals surface area contributed by atoms with Gasteiger partial charge < -0.3 is 42.0 Å². The first kappa shape index (κ1) is 49.3. The molecule has 2 amide bonds. The molecular formula is C52H64N6O7. The Labute approximate surface area is 382 Å². The van der Waals surface area contributed by atoms with E-state index in [-0.39, 0.29) is 44.2 Å². The summed E-state index contributed by atoms with van der Waals surface area (Å²) in [5, 5.41) is 9.61. The number of amides is 2. The molecular weight excluding hydrogens is 821 g/mol. The summed E-state index contributed by atoms with van der Waals surface area (Å²) in [5.41, 5.74) is 19.4. The number of aliphatic imine (C=N–C) groups is 1. The van der Waals surface area contributed by atoms with Crippen molar-refractivity contribution >= 4 is 51.1 Å². The third kappa shape index (κ3) is 14.9. The van der Waals surface area contributed by atoms with Crippen molar-refractivity contribution in [3.8, 4) is 22.6 Å². The van der Waals surface area contributed by atoms with Crippen LogP contribution in [0.25, 0.3) is 32.7 Å². The fourth-order valence-electron chi connectivity index (χ4n) is 7.61. The van der Waals surface area contributed by atoms with Crippen LogP contribution >= 0.6 is 0 Å². The van der Waals surface area contributed by atoms with Crippen molar-refractivity contribution in [3.05, 3.63) is 121 Å². The molecule has 0 aromatic heterocycles. The van der Waals surface area contributed by atoms with Gasteiger partial charge in [0, 0.05) is 30.0 Å². The molecule has 0 bridgehead atoms. The van der Waals surface area contributed by atoms with Crippen LogP contribution < -0.4 is 37.3 Å². The van der Waals surface area contributed by atoms with Crippen LogP contribution in [0.2, 0.25) is 0 Å². The lowest BCUT2D eigenvalue weighted by Crippen LogP contribution is -2.47. The lowest BCUT2D eigenvalue weighted by atomic mass is 9.91. The fraction of sp³-hybridized carbons (Fsp3) is 0.365. The van der Waals surface area contributed by atoms with Gasteiger partial charge in [0.1, 0.15) is 24.1 Å². The van der Waals surface area contributed by atoms with E-state index in [2.05, 4.69) is 48.2 Å². The van der Waals surface area contributed by atoms with Crippen LogP contribution in [0, 0.1) is 11.8 Å². The van der Waals surface area contributed by atoms with Gasteiger partial charge in [0.15, 0.2) is 18.3 Å². The quantitative estimate of drug-likeness (QED) is 0.0115. The lowest BCUT2D eigenvalue weighted by Gasteiger charge is -2.24. The smallest absolute Gasteiger partial charge is 0.329 e. The predicted molar refractivity (Wildman–Crippen MR) is 258 cm³/mol. The number of carbonyl (C=O) groups is 4. The predicted octanol–water partition coefficient (Wildman–Crippen LogP) is 7.51. The minimum absolute atomic E-state index is 0.0245. The number of guanidine groups is 1. The Balaban J connectivity index is 1.37. The standard InChI is InChI=1S/C52H64N6O7/c1-4-15-43(51(62)65-33-36-16-6-5-7-17-36)58-50(61)39(20-14-30-56-52(54)55)32-44(59)42(23-12-13-29-53)57-47(60)34-64-46-27-25-38-19-9-11-22-41(38)49(46)48-40-21-10-8-18-37(40)24-26-45(48)63-31-28-35(2)3/h4-11,16-19,21-22,24-27,35,39,42-43H,1,12-15,20,23,28-34,53H2,2-3H3,(H,57,60)(H,58,61)(H4,54,55,56)/t39-,42+,43-/m0/s1. The third-order valence-corrected chi connectivity index (χ3v) is 11.1. The molecule has 5 aromatic rings. The second-order valence-electron chi connectivity index (χ2n) is 16.5. The number of nitrogens with two attached hydrogens (primary N) is 3. The first-order valence-corrected chi connectivity index (χ1v) is 22.5. The van der Waals surface area contributed by atoms with Crippen LogP contribution in [-0.2, 0) is 30.5 Å². The summed E-state index contributed by atoms with van der Waals surface area (Å²) < 4.78 is 18.4. The SMILES string of the molecule is C=CC[C@H](NC(=O)[C@@H](CCCN=C(N)N)CC(=O)[C@@H](CCCCN)NC(=O)COc1ccc2ccccc2c1-c1c(OCCC(C)C)ccc2ccccc12)C(=O)OCc1ccccc1. The normalized spacial score (nSPS) is 12.5. The highest BCUT2D eigenvalue weighted by molar-refractivity contribution is 6.10. The third-order valence-electron chi connectivity index (χ3n) is 11.1. The molecule has 0 aliphatic heterocycles. The zero-order valence-electron chi connectivity index (χ0n) is 37.6. The second kappa shape index (κ2) is 25.5. The molecule has 0 fully saturated rings. The number of nitrogens with one attached hydrogen (secondary N) is 2. The number of nitrogens with zero attached hydrogens (tertiary/aromatic N) is 1. The fourth-order valence-corrected chi connectivity index (χ4v) is 7.61. The zero-order chi connectivity index (χ0) is 46.6. The number of esters is 1. The average molecular weight is 885 g/mol. The average Bonchev–Trinajstić information content (AvgIpc) is 3.30. The van der Waals surface area contributed by atoms with Gasteiger partial charge in [-0.05, 0) is 96.6 Å². The van der Waals surface area contributed by atoms with Crippen LogP contribution in [0.4, 0.5) is 0 Å². The Morgan fingerprint density at radius 2 is 1.35 bits per heavy atom. The first-order valence-electron chi connectivity index (χ1n) is 22.5. The lowest BCUT2D eigenvalue weighted by molar-refractivity contribution is -0.149. The van der Waals surface area contributed by atoms with Crippen LogP contribution in [0.3, 0.4) is 0 Å². The van der Waals surface area contributed by atoms with Crippen molar-refractivity contribution in [1.29, 1.82) is 0 Å². The highest BCUT2D eigenvalue weighted by atomic mass is 16.5. The minimum Gasteiger partial charge on any atom is -0.493 e. The molecule has 13 nitrogen and oxygen atoms in total. The molecule has 65 heavy (non-hydrogen) atoms. The molecule has 0 aliphatic carbocycles. The summed E-state index contributed by atoms with van der Waals surface area (Å²) in [5.74, 6) is -1.36. The Kier molecular flexibility index (Phi) is 19.4. The molecule has 5 rings (SSSR count). The maximum Gasteiger partial charge on any atom is 0.329 e. The van der Waals surface area contributed by atoms with E-state index in [4.69, 9.17) is 31.4 Å². The number of carbonyl (C=O) groups excluding carboxylic acids is 4. The number of rotatable bonds is 27. The van der Waals surface area contributed by atoms with Gasteiger partial charge in [0.2, 0.25) is 5.91 Å². The van der Waals surface area contributed by atoms with Gasteiger partial charge in [-0.2, -0.15) is 0 Å². The van der Waals surface area contributed by atoms with E-state index in [1.54, 1.807) is 0 Å². The molecule has 0 spiro atoms. The summed E-state index contributed by atoms with van der Waals surface area (Å²) in [7, 11) is 0. The van der Waals surface area contributed by atoms with Crippen molar-refractivity contribution in [2.45, 2.75) is 83.9 Å². The Hall–Kier alpha value is -6.73. The Bertz CT molecular complexity index is 2400. The van der Waals surface area contributed by atoms with E-state index >= 15 is 0 Å². The molecule has 0 saturated heterocycles. The van der Waals surface area contributed by atoms with Gasteiger partial charge in [-0.3, -0.25) is 19.4 Å². The highest BCUT2D eigenvalue weighted by Crippen LogP contribution is 2.45. The molecule has 0 saturated carbocycles. The molecule has 0 radical (unpaired) electrons. The number of unbranched alkanes of at least 4 members (excludes halogenated alkanes) is 1. The minimum atomic E-state index is -1.03. The van der Waals surface area contributed by atoms with E-state index in [0.717, 1.165) is 44.7 Å². The number of ketones is 1. The van der Waals surface area contributed by atoms with Crippen LogP contribution in [-0.4, -0.2) is 67.9 Å². The van der Waals surface area contributed by atoms with E-state index in [9.17, 15) is 19.2 Å². The van der Waals surface area contributed by atoms with Gasteiger partial charge in [0.25, 0.3) is 5.91 Å². The van der Waals surface area contributed by atoms with E-state index in [1.807, 2.05) is 91.0 Å². The van der Waals surface area contributed by atoms with Gasteiger partial charge in [0.05, 0.1) is 12.6 Å². The van der Waals surface area contributed by atoms with E-state index < -0.39 is 42.4 Å². The maximum atomic E-state index is 14.2. The number of hydrogen-bond acceptors (Lipinski definition) is 9. The van der Waals surface area contributed by atoms with Crippen molar-refractivity contribution < 1.29 is 33.4 Å². The van der Waals surface area contributed by atoms with Gasteiger partial charge in [-0.25, -0.2) is 4.79 Å². The second-order valence-corrected chi connectivity index (χ2v) is 16.5. The number of Topliss-reactive ketones (excluding diaryl/α,β-unsaturated/α-hetero) is 1. The molecule has 0 unspecified atom stereocenters. The topological polar surface area (TPSA) is 210 Å². The van der Waals surface area contributed by atoms with Crippen molar-refractivity contribution in [1.82, 2.24) is 10.6 Å². The Morgan fingerprint density at radius 1 is 0.723 bits per heavy atom. The summed E-state index contributed by atoms with van der Waals surface area (Å²) in [6.45, 7) is 8.85. The molecule has 0 aliphatic rings. The molecule has 0 heterocycles. The molecule has 13 heteroatoms. The zero-order valence-corrected chi connectivity index (χ0v) is 37.6. The monoisotopic (exact) mass is 884 g/mol. The molecule has 3 atom stereocenters. The Morgan fingerprint density at radius 3 is 1.97 bits per heavy atom. The molecule has 5 aromatic carbocycles. The highest BCUT2D eigenvalue weighted by Gasteiger charge is 2.31. The number of benzene rings is 5. The summed E-state index contributed by atoms with van der Waals surface area (Å²) in [4.78, 5) is 59.3. The van der Waals surface area contributed by atoms with Crippen LogP contribution in [0.5, 0.6) is 11.5 Å². The number of fused-ring (bicyclic) bond motifs is 2. The van der Waals surface area contributed by atoms with E-state index in [1.165, 1.54) is 6.08 Å². The van der Waals surface area contributed by atoms with Crippen molar-refractivity contribution in [3.63, 3.8) is 0 Å². The first-order chi connectivity index (χ1) is 31.5. The number of hydrogen-bond donors (Lipinski definition) is 5. The summed E-state index contributed by atoms with van der Waals surface area (Å²) in [6, 6.07) is 31.2.